The zero-order valence-corrected chi connectivity index (χ0v) is 8.45. The molecular formula is C7H6ClF2NO2S. The summed E-state index contributed by atoms with van der Waals surface area (Å²) in [5.74, 6) is -2.25. The van der Waals surface area contributed by atoms with E-state index in [0.717, 1.165) is 12.4 Å². The lowest BCUT2D eigenvalue weighted by molar-refractivity contribution is 0.548. The van der Waals surface area contributed by atoms with Crippen LogP contribution in [-0.4, -0.2) is 19.2 Å². The smallest absolute Gasteiger partial charge is 0.232 e. The van der Waals surface area contributed by atoms with Crippen molar-refractivity contribution in [1.29, 1.82) is 0 Å². The Bertz CT molecular complexity index is 415. The highest BCUT2D eigenvalue weighted by Crippen LogP contribution is 2.12. The molecular weight excluding hydrogens is 236 g/mol. The highest BCUT2D eigenvalue weighted by Gasteiger charge is 2.13. The van der Waals surface area contributed by atoms with Gasteiger partial charge in [-0.1, -0.05) is 0 Å². The molecule has 1 aromatic heterocycles. The first kappa shape index (κ1) is 11.3. The maximum absolute atomic E-state index is 12.9. The van der Waals surface area contributed by atoms with Crippen LogP contribution in [0.3, 0.4) is 0 Å². The van der Waals surface area contributed by atoms with E-state index >= 15 is 0 Å². The lowest BCUT2D eigenvalue weighted by atomic mass is 10.2. The van der Waals surface area contributed by atoms with Crippen molar-refractivity contribution in [3.8, 4) is 0 Å². The van der Waals surface area contributed by atoms with Gasteiger partial charge < -0.3 is 0 Å². The van der Waals surface area contributed by atoms with Crippen LogP contribution in [0.4, 0.5) is 8.78 Å². The van der Waals surface area contributed by atoms with Crippen LogP contribution < -0.4 is 0 Å². The molecule has 3 nitrogen and oxygen atoms in total. The summed E-state index contributed by atoms with van der Waals surface area (Å²) in [6, 6.07) is 0. The van der Waals surface area contributed by atoms with Crippen LogP contribution >= 0.6 is 10.7 Å². The molecule has 0 atom stereocenters. The number of halogens is 3. The average Bonchev–Trinajstić information content (AvgIpc) is 2.01. The zero-order valence-electron chi connectivity index (χ0n) is 6.87. The summed E-state index contributed by atoms with van der Waals surface area (Å²) in [6.45, 7) is 0. The fraction of sp³-hybridized carbons (Fsp3) is 0.286. The third-order valence-corrected chi connectivity index (χ3v) is 2.70. The molecule has 14 heavy (non-hydrogen) atoms. The van der Waals surface area contributed by atoms with E-state index in [-0.39, 0.29) is 12.0 Å². The van der Waals surface area contributed by atoms with Gasteiger partial charge in [0.05, 0.1) is 18.1 Å². The molecule has 0 bridgehead atoms. The topological polar surface area (TPSA) is 47.0 Å². The minimum absolute atomic E-state index is 0.300. The Morgan fingerprint density at radius 1 is 1.29 bits per heavy atom. The van der Waals surface area contributed by atoms with Gasteiger partial charge in [-0.2, -0.15) is 0 Å². The first-order chi connectivity index (χ1) is 6.40. The van der Waals surface area contributed by atoms with E-state index in [0.29, 0.717) is 0 Å². The summed E-state index contributed by atoms with van der Waals surface area (Å²) >= 11 is 0. The van der Waals surface area contributed by atoms with Crippen molar-refractivity contribution in [1.82, 2.24) is 4.98 Å². The van der Waals surface area contributed by atoms with Gasteiger partial charge in [0.25, 0.3) is 0 Å². The number of aromatic nitrogens is 1. The van der Waals surface area contributed by atoms with Crippen molar-refractivity contribution in [2.45, 2.75) is 6.42 Å². The van der Waals surface area contributed by atoms with Gasteiger partial charge in [-0.05, 0) is 6.42 Å². The van der Waals surface area contributed by atoms with Crippen LogP contribution in [0.25, 0.3) is 0 Å². The highest BCUT2D eigenvalue weighted by molar-refractivity contribution is 8.13. The Hall–Kier alpha value is -0.750. The van der Waals surface area contributed by atoms with Gasteiger partial charge >= 0.3 is 0 Å². The average molecular weight is 242 g/mol. The number of nitrogens with zero attached hydrogens (tertiary/aromatic N) is 1. The molecule has 0 N–H and O–H groups in total. The fourth-order valence-electron chi connectivity index (χ4n) is 0.901. The molecule has 7 heteroatoms. The summed E-state index contributed by atoms with van der Waals surface area (Å²) < 4.78 is 46.8. The van der Waals surface area contributed by atoms with Gasteiger partial charge in [0.2, 0.25) is 9.05 Å². The molecule has 0 spiro atoms. The Balaban J connectivity index is 2.87. The fourth-order valence-corrected chi connectivity index (χ4v) is 1.58. The van der Waals surface area contributed by atoms with Gasteiger partial charge in [-0.15, -0.1) is 0 Å². The SMILES string of the molecule is O=S(=O)(Cl)CCc1c(F)cncc1F. The molecule has 1 rings (SSSR count). The maximum Gasteiger partial charge on any atom is 0.232 e. The van der Waals surface area contributed by atoms with Crippen molar-refractivity contribution < 1.29 is 17.2 Å². The number of hydrogen-bond donors (Lipinski definition) is 0. The molecule has 0 unspecified atom stereocenters. The van der Waals surface area contributed by atoms with E-state index < -0.39 is 26.4 Å². The van der Waals surface area contributed by atoms with Gasteiger partial charge in [0.1, 0.15) is 11.6 Å². The van der Waals surface area contributed by atoms with Crippen molar-refractivity contribution in [2.75, 3.05) is 5.75 Å². The molecule has 0 aliphatic carbocycles. The van der Waals surface area contributed by atoms with E-state index in [4.69, 9.17) is 10.7 Å². The molecule has 0 amide bonds. The summed E-state index contributed by atoms with van der Waals surface area (Å²) in [6.07, 6.45) is 1.34. The van der Waals surface area contributed by atoms with E-state index in [1.807, 2.05) is 0 Å². The maximum atomic E-state index is 12.9. The third kappa shape index (κ3) is 3.19. The van der Waals surface area contributed by atoms with Gasteiger partial charge in [-0.3, -0.25) is 4.98 Å². The quantitative estimate of drug-likeness (QED) is 0.753. The van der Waals surface area contributed by atoms with Crippen LogP contribution in [0.5, 0.6) is 0 Å². The Morgan fingerprint density at radius 2 is 1.79 bits per heavy atom. The predicted molar refractivity (Wildman–Crippen MR) is 47.5 cm³/mol. The molecule has 1 aromatic rings. The summed E-state index contributed by atoms with van der Waals surface area (Å²) in [4.78, 5) is 3.26. The monoisotopic (exact) mass is 241 g/mol. The zero-order chi connectivity index (χ0) is 10.8. The summed E-state index contributed by atoms with van der Waals surface area (Å²) in [5, 5.41) is 0. The van der Waals surface area contributed by atoms with Gasteiger partial charge in [0.15, 0.2) is 0 Å². The molecule has 0 saturated heterocycles. The van der Waals surface area contributed by atoms with Crippen molar-refractivity contribution in [3.63, 3.8) is 0 Å². The first-order valence-electron chi connectivity index (χ1n) is 3.60. The summed E-state index contributed by atoms with van der Waals surface area (Å²) in [5.41, 5.74) is -0.316. The van der Waals surface area contributed by atoms with Crippen LogP contribution in [0, 0.1) is 11.6 Å². The number of hydrogen-bond acceptors (Lipinski definition) is 3. The van der Waals surface area contributed by atoms with Crippen molar-refractivity contribution in [3.05, 3.63) is 29.6 Å². The largest absolute Gasteiger partial charge is 0.259 e. The minimum atomic E-state index is -3.74. The molecule has 0 radical (unpaired) electrons. The Kier molecular flexibility index (Phi) is 3.38. The standard InChI is InChI=1S/C7H6ClF2NO2S/c8-14(12,13)2-1-5-6(9)3-11-4-7(5)10/h3-4H,1-2H2. The molecule has 78 valence electrons. The second-order valence-corrected chi connectivity index (χ2v) is 5.47. The normalized spacial score (nSPS) is 11.6. The minimum Gasteiger partial charge on any atom is -0.259 e. The lowest BCUT2D eigenvalue weighted by Gasteiger charge is -2.01. The van der Waals surface area contributed by atoms with E-state index in [1.165, 1.54) is 0 Å². The highest BCUT2D eigenvalue weighted by atomic mass is 35.7. The second kappa shape index (κ2) is 4.18. The molecule has 0 saturated carbocycles. The van der Waals surface area contributed by atoms with E-state index in [2.05, 4.69) is 4.98 Å². The second-order valence-electron chi connectivity index (χ2n) is 2.57. The van der Waals surface area contributed by atoms with E-state index in [1.54, 1.807) is 0 Å². The van der Waals surface area contributed by atoms with Gasteiger partial charge in [0, 0.05) is 16.2 Å². The number of pyridine rings is 1. The molecule has 0 aliphatic heterocycles. The molecule has 0 fully saturated rings. The lowest BCUT2D eigenvalue weighted by Crippen LogP contribution is -2.05. The molecule has 0 aromatic carbocycles. The van der Waals surface area contributed by atoms with E-state index in [9.17, 15) is 17.2 Å². The number of rotatable bonds is 3. The molecule has 0 aliphatic rings. The van der Waals surface area contributed by atoms with Crippen molar-refractivity contribution in [2.24, 2.45) is 0 Å². The van der Waals surface area contributed by atoms with Crippen LogP contribution in [0.1, 0.15) is 5.56 Å². The van der Waals surface area contributed by atoms with Crippen LogP contribution in [-0.2, 0) is 15.5 Å². The first-order valence-corrected chi connectivity index (χ1v) is 6.08. The Labute approximate surface area is 84.1 Å². The third-order valence-electron chi connectivity index (χ3n) is 1.55. The van der Waals surface area contributed by atoms with Gasteiger partial charge in [-0.25, -0.2) is 17.2 Å². The van der Waals surface area contributed by atoms with Crippen LogP contribution in [0.15, 0.2) is 12.4 Å². The Morgan fingerprint density at radius 3 is 2.21 bits per heavy atom. The van der Waals surface area contributed by atoms with Crippen molar-refractivity contribution >= 4 is 19.7 Å². The predicted octanol–water partition coefficient (Wildman–Crippen LogP) is 1.47. The summed E-state index contributed by atoms with van der Waals surface area (Å²) in [7, 11) is 1.16. The van der Waals surface area contributed by atoms with Crippen LogP contribution in [0.2, 0.25) is 0 Å². The molecule has 1 heterocycles.